The summed E-state index contributed by atoms with van der Waals surface area (Å²) in [6.07, 6.45) is 0. The van der Waals surface area contributed by atoms with Crippen molar-refractivity contribution in [1.82, 2.24) is 4.98 Å². The maximum atomic E-state index is 12.0. The van der Waals surface area contributed by atoms with Gasteiger partial charge in [0.2, 0.25) is 0 Å². The van der Waals surface area contributed by atoms with Gasteiger partial charge in [0.15, 0.2) is 0 Å². The summed E-state index contributed by atoms with van der Waals surface area (Å²) in [5, 5.41) is 6.39. The molecule has 19 heavy (non-hydrogen) atoms. The third-order valence-electron chi connectivity index (χ3n) is 2.42. The largest absolute Gasteiger partial charge is 0.370 e. The zero-order valence-corrected chi connectivity index (χ0v) is 11.2. The van der Waals surface area contributed by atoms with Crippen LogP contribution in [0.15, 0.2) is 42.5 Å². The monoisotopic (exact) mass is 275 g/mol. The van der Waals surface area contributed by atoms with Gasteiger partial charge in [0.05, 0.1) is 0 Å². The van der Waals surface area contributed by atoms with Gasteiger partial charge in [0.1, 0.15) is 11.5 Å². The second-order valence-corrected chi connectivity index (χ2v) is 4.34. The Labute approximate surface area is 116 Å². The van der Waals surface area contributed by atoms with Crippen LogP contribution in [0.25, 0.3) is 0 Å². The average Bonchev–Trinajstić information content (AvgIpc) is 2.39. The predicted molar refractivity (Wildman–Crippen MR) is 77.8 cm³/mol. The van der Waals surface area contributed by atoms with Crippen molar-refractivity contribution in [3.05, 3.63) is 53.2 Å². The second-order valence-electron chi connectivity index (χ2n) is 3.90. The Balaban J connectivity index is 2.13. The van der Waals surface area contributed by atoms with E-state index < -0.39 is 0 Å². The molecule has 2 N–H and O–H groups in total. The minimum atomic E-state index is -0.262. The van der Waals surface area contributed by atoms with E-state index in [1.807, 2.05) is 13.0 Å². The SMILES string of the molecule is CCNc1cccc(C(=O)Nc2cccc(Cl)c2)n1. The predicted octanol–water partition coefficient (Wildman–Crippen LogP) is 3.42. The van der Waals surface area contributed by atoms with E-state index in [0.29, 0.717) is 22.2 Å². The summed E-state index contributed by atoms with van der Waals surface area (Å²) in [7, 11) is 0. The molecule has 0 fully saturated rings. The number of hydrogen-bond acceptors (Lipinski definition) is 3. The van der Waals surface area contributed by atoms with E-state index in [0.717, 1.165) is 6.54 Å². The second kappa shape index (κ2) is 6.20. The molecule has 0 radical (unpaired) electrons. The van der Waals surface area contributed by atoms with Crippen molar-refractivity contribution in [1.29, 1.82) is 0 Å². The van der Waals surface area contributed by atoms with Crippen LogP contribution in [0.1, 0.15) is 17.4 Å². The van der Waals surface area contributed by atoms with Gasteiger partial charge in [-0.05, 0) is 37.3 Å². The molecule has 98 valence electrons. The topological polar surface area (TPSA) is 54.0 Å². The van der Waals surface area contributed by atoms with E-state index in [1.165, 1.54) is 0 Å². The quantitative estimate of drug-likeness (QED) is 0.899. The molecule has 1 heterocycles. The summed E-state index contributed by atoms with van der Waals surface area (Å²) in [5.41, 5.74) is 1.01. The Morgan fingerprint density at radius 1 is 1.26 bits per heavy atom. The van der Waals surface area contributed by atoms with Gasteiger partial charge in [0.25, 0.3) is 5.91 Å². The molecular formula is C14H14ClN3O. The Kier molecular flexibility index (Phi) is 4.36. The zero-order chi connectivity index (χ0) is 13.7. The minimum Gasteiger partial charge on any atom is -0.370 e. The van der Waals surface area contributed by atoms with Crippen molar-refractivity contribution in [3.8, 4) is 0 Å². The molecule has 0 bridgehead atoms. The summed E-state index contributed by atoms with van der Waals surface area (Å²) in [6, 6.07) is 12.3. The molecule has 0 saturated carbocycles. The first-order chi connectivity index (χ1) is 9.19. The van der Waals surface area contributed by atoms with Crippen LogP contribution in [-0.4, -0.2) is 17.4 Å². The van der Waals surface area contributed by atoms with Crippen LogP contribution in [0.4, 0.5) is 11.5 Å². The van der Waals surface area contributed by atoms with E-state index in [9.17, 15) is 4.79 Å². The van der Waals surface area contributed by atoms with E-state index >= 15 is 0 Å². The fourth-order valence-electron chi connectivity index (χ4n) is 1.60. The number of carbonyl (C=O) groups is 1. The highest BCUT2D eigenvalue weighted by Crippen LogP contribution is 2.15. The van der Waals surface area contributed by atoms with Crippen molar-refractivity contribution >= 4 is 29.0 Å². The summed E-state index contributed by atoms with van der Waals surface area (Å²) in [6.45, 7) is 2.73. The molecule has 5 heteroatoms. The Hall–Kier alpha value is -2.07. The zero-order valence-electron chi connectivity index (χ0n) is 10.5. The Morgan fingerprint density at radius 2 is 2.05 bits per heavy atom. The lowest BCUT2D eigenvalue weighted by Crippen LogP contribution is -2.14. The van der Waals surface area contributed by atoms with Gasteiger partial charge in [-0.1, -0.05) is 23.7 Å². The number of anilines is 2. The maximum absolute atomic E-state index is 12.0. The molecule has 1 amide bonds. The first-order valence-corrected chi connectivity index (χ1v) is 6.34. The number of benzene rings is 1. The van der Waals surface area contributed by atoms with Gasteiger partial charge in [-0.25, -0.2) is 4.98 Å². The fraction of sp³-hybridized carbons (Fsp3) is 0.143. The first kappa shape index (κ1) is 13.4. The standard InChI is InChI=1S/C14H14ClN3O/c1-2-16-13-8-4-7-12(18-13)14(19)17-11-6-3-5-10(15)9-11/h3-9H,2H2,1H3,(H,16,18)(H,17,19). The summed E-state index contributed by atoms with van der Waals surface area (Å²) < 4.78 is 0. The number of rotatable bonds is 4. The molecule has 0 aliphatic carbocycles. The van der Waals surface area contributed by atoms with Crippen molar-refractivity contribution in [2.45, 2.75) is 6.92 Å². The molecule has 0 aliphatic rings. The van der Waals surface area contributed by atoms with Crippen molar-refractivity contribution in [2.24, 2.45) is 0 Å². The van der Waals surface area contributed by atoms with E-state index in [1.54, 1.807) is 36.4 Å². The normalized spacial score (nSPS) is 10.0. The lowest BCUT2D eigenvalue weighted by Gasteiger charge is -2.07. The molecule has 1 aromatic heterocycles. The van der Waals surface area contributed by atoms with Crippen molar-refractivity contribution in [2.75, 3.05) is 17.2 Å². The highest BCUT2D eigenvalue weighted by molar-refractivity contribution is 6.30. The Bertz CT molecular complexity index is 586. The summed E-state index contributed by atoms with van der Waals surface area (Å²) in [5.74, 6) is 0.420. The minimum absolute atomic E-state index is 0.262. The number of amides is 1. The van der Waals surface area contributed by atoms with Crippen LogP contribution < -0.4 is 10.6 Å². The van der Waals surface area contributed by atoms with Crippen LogP contribution in [-0.2, 0) is 0 Å². The molecule has 0 unspecified atom stereocenters. The summed E-state index contributed by atoms with van der Waals surface area (Å²) in [4.78, 5) is 16.3. The van der Waals surface area contributed by atoms with Crippen LogP contribution in [0.5, 0.6) is 0 Å². The number of carbonyl (C=O) groups excluding carboxylic acids is 1. The smallest absolute Gasteiger partial charge is 0.274 e. The molecule has 2 rings (SSSR count). The van der Waals surface area contributed by atoms with E-state index in [4.69, 9.17) is 11.6 Å². The third kappa shape index (κ3) is 3.69. The van der Waals surface area contributed by atoms with E-state index in [-0.39, 0.29) is 5.91 Å². The highest BCUT2D eigenvalue weighted by Gasteiger charge is 2.08. The molecular weight excluding hydrogens is 262 g/mol. The summed E-state index contributed by atoms with van der Waals surface area (Å²) >= 11 is 5.86. The van der Waals surface area contributed by atoms with Crippen LogP contribution in [0, 0.1) is 0 Å². The average molecular weight is 276 g/mol. The lowest BCUT2D eigenvalue weighted by molar-refractivity contribution is 0.102. The van der Waals surface area contributed by atoms with Crippen LogP contribution in [0.3, 0.4) is 0 Å². The lowest BCUT2D eigenvalue weighted by atomic mass is 10.3. The van der Waals surface area contributed by atoms with Gasteiger partial charge in [-0.3, -0.25) is 4.79 Å². The van der Waals surface area contributed by atoms with Gasteiger partial charge in [0, 0.05) is 17.3 Å². The highest BCUT2D eigenvalue weighted by atomic mass is 35.5. The first-order valence-electron chi connectivity index (χ1n) is 5.97. The third-order valence-corrected chi connectivity index (χ3v) is 2.66. The number of nitrogens with one attached hydrogen (secondary N) is 2. The Morgan fingerprint density at radius 3 is 2.79 bits per heavy atom. The maximum Gasteiger partial charge on any atom is 0.274 e. The molecule has 0 spiro atoms. The van der Waals surface area contributed by atoms with Gasteiger partial charge in [-0.2, -0.15) is 0 Å². The number of pyridine rings is 1. The molecule has 0 saturated heterocycles. The number of hydrogen-bond donors (Lipinski definition) is 2. The van der Waals surface area contributed by atoms with Crippen LogP contribution >= 0.6 is 11.6 Å². The van der Waals surface area contributed by atoms with Crippen molar-refractivity contribution in [3.63, 3.8) is 0 Å². The number of nitrogens with zero attached hydrogens (tertiary/aromatic N) is 1. The van der Waals surface area contributed by atoms with Gasteiger partial charge in [-0.15, -0.1) is 0 Å². The van der Waals surface area contributed by atoms with Crippen molar-refractivity contribution < 1.29 is 4.79 Å². The number of aromatic nitrogens is 1. The molecule has 2 aromatic rings. The molecule has 0 aliphatic heterocycles. The molecule has 1 aromatic carbocycles. The number of halogens is 1. The van der Waals surface area contributed by atoms with Crippen LogP contribution in [0.2, 0.25) is 5.02 Å². The fourth-order valence-corrected chi connectivity index (χ4v) is 1.79. The molecule has 4 nitrogen and oxygen atoms in total. The van der Waals surface area contributed by atoms with E-state index in [2.05, 4.69) is 15.6 Å². The molecule has 0 atom stereocenters. The van der Waals surface area contributed by atoms with Gasteiger partial charge >= 0.3 is 0 Å². The van der Waals surface area contributed by atoms with Gasteiger partial charge < -0.3 is 10.6 Å².